The first-order valence-corrected chi connectivity index (χ1v) is 22.7. The lowest BCUT2D eigenvalue weighted by Gasteiger charge is -2.33. The summed E-state index contributed by atoms with van der Waals surface area (Å²) in [4.78, 5) is 75.7. The molecule has 0 aliphatic heterocycles. The molecule has 4 fully saturated rings. The number of imidazole rings is 2. The van der Waals surface area contributed by atoms with Crippen LogP contribution >= 0.6 is 23.2 Å². The summed E-state index contributed by atoms with van der Waals surface area (Å²) in [5.41, 5.74) is 0.941. The minimum Gasteiger partial charge on any atom is -0.388 e. The van der Waals surface area contributed by atoms with Crippen LogP contribution in [0.2, 0.25) is 10.6 Å². The van der Waals surface area contributed by atoms with Gasteiger partial charge in [0, 0.05) is 24.2 Å². The fraction of sp³-hybridized carbons (Fsp3) is 0.600. The third kappa shape index (κ3) is 8.82. The highest BCUT2D eigenvalue weighted by atomic mass is 35.5. The highest BCUT2D eigenvalue weighted by Crippen LogP contribution is 2.37. The van der Waals surface area contributed by atoms with Crippen LogP contribution in [0.25, 0.3) is 22.3 Å². The predicted octanol–water partition coefficient (Wildman–Crippen LogP) is -1.17. The number of aromatic nitrogens is 8. The maximum absolute atomic E-state index is 12.8. The number of hydrogen-bond donors (Lipinski definition) is 12. The molecule has 4 heterocycles. The number of aliphatic hydroxyl groups is 6. The highest BCUT2D eigenvalue weighted by Gasteiger charge is 2.45. The second-order valence-electron chi connectivity index (χ2n) is 17.6. The molecule has 66 heavy (non-hydrogen) atoms. The number of fused-ring (bicyclic) bond motifs is 2. The van der Waals surface area contributed by atoms with Gasteiger partial charge in [-0.2, -0.15) is 19.9 Å². The van der Waals surface area contributed by atoms with Crippen molar-refractivity contribution in [3.63, 3.8) is 0 Å². The monoisotopic (exact) mass is 956 g/mol. The Balaban J connectivity index is 0.777. The predicted molar refractivity (Wildman–Crippen MR) is 238 cm³/mol. The molecule has 0 radical (unpaired) electrons. The van der Waals surface area contributed by atoms with Crippen LogP contribution in [0.4, 0.5) is 23.0 Å². The SMILES string of the molecule is O=C(CO)N[C@H]1C[C@@H](n2cnc3c(NC4CCC(Nc5c(NC6CCC(Nc7nc(Cl)nc8c7ncn8[C@@H]7C[C@H](NC(=O)CO)[C@@H](O)[C@H]7O)CC6)c(=O)c5=O)CC4)nc(Cl)nc32)[C@H](O)[C@@H]1O. The minimum atomic E-state index is -1.28. The fourth-order valence-corrected chi connectivity index (χ4v) is 10.4. The van der Waals surface area contributed by atoms with Crippen molar-refractivity contribution in [3.8, 4) is 0 Å². The first-order valence-electron chi connectivity index (χ1n) is 21.9. The van der Waals surface area contributed by atoms with Crippen LogP contribution < -0.4 is 42.8 Å². The maximum Gasteiger partial charge on any atom is 0.253 e. The van der Waals surface area contributed by atoms with Crippen LogP contribution in [0.1, 0.15) is 76.3 Å². The lowest BCUT2D eigenvalue weighted by molar-refractivity contribution is -0.126. The number of anilines is 4. The number of nitrogens with one attached hydrogen (secondary N) is 6. The lowest BCUT2D eigenvalue weighted by Crippen LogP contribution is -2.44. The smallest absolute Gasteiger partial charge is 0.253 e. The number of rotatable bonds is 14. The van der Waals surface area contributed by atoms with E-state index in [2.05, 4.69) is 61.8 Å². The van der Waals surface area contributed by atoms with Crippen LogP contribution in [0.15, 0.2) is 22.2 Å². The molecule has 354 valence electrons. The molecule has 24 nitrogen and oxygen atoms in total. The minimum absolute atomic E-state index is 0.0333. The van der Waals surface area contributed by atoms with Gasteiger partial charge < -0.3 is 71.7 Å². The zero-order valence-corrected chi connectivity index (χ0v) is 36.7. The van der Waals surface area contributed by atoms with Crippen molar-refractivity contribution in [2.75, 3.05) is 34.5 Å². The molecule has 0 saturated heterocycles. The molecule has 2 amide bonds. The van der Waals surface area contributed by atoms with Gasteiger partial charge in [0.1, 0.15) is 49.0 Å². The first-order chi connectivity index (χ1) is 31.7. The molecule has 9 rings (SSSR count). The lowest BCUT2D eigenvalue weighted by atomic mass is 9.90. The number of carbonyl (C=O) groups excluding carboxylic acids is 2. The summed E-state index contributed by atoms with van der Waals surface area (Å²) in [6, 6.07) is -3.17. The standard InChI is InChI=1S/C40H50Cl2N14O10/c41-39-51-35(27-37(53-39)55(13-43-27)21-9-19(29(61)31(21)63)49-23(59)11-57)47-17-5-1-15(2-6-17)45-25-26(34(66)33(25)65)46-16-3-7-18(8-4-16)48-36-28-38(54-40(42)52-36)56(14-44-28)22-10-20(30(62)32(22)64)50-24(60)12-58/h13-22,29-32,45-46,57-58,61-64H,1-12H2,(H,49,59)(H,50,60)(H,47,51,53)(H,48,52,54)/t15?,16?,17?,18?,19-,20-,21+,22+,29+,30+,31-,32-/m0/s1. The molecule has 1 aromatic carbocycles. The molecule has 5 aromatic rings. The third-order valence-electron chi connectivity index (χ3n) is 13.5. The van der Waals surface area contributed by atoms with Gasteiger partial charge >= 0.3 is 0 Å². The van der Waals surface area contributed by atoms with Crippen molar-refractivity contribution in [1.29, 1.82) is 0 Å². The van der Waals surface area contributed by atoms with Gasteiger partial charge in [-0.15, -0.1) is 0 Å². The van der Waals surface area contributed by atoms with E-state index in [0.29, 0.717) is 96.7 Å². The number of nitrogens with zero attached hydrogens (tertiary/aromatic N) is 8. The van der Waals surface area contributed by atoms with Gasteiger partial charge in [0.15, 0.2) is 34.0 Å². The van der Waals surface area contributed by atoms with E-state index < -0.39 is 84.5 Å². The van der Waals surface area contributed by atoms with Crippen molar-refractivity contribution in [1.82, 2.24) is 49.7 Å². The molecule has 12 N–H and O–H groups in total. The van der Waals surface area contributed by atoms with Crippen LogP contribution in [0.3, 0.4) is 0 Å². The van der Waals surface area contributed by atoms with Gasteiger partial charge in [-0.05, 0) is 87.4 Å². The van der Waals surface area contributed by atoms with Crippen LogP contribution in [0.5, 0.6) is 0 Å². The molecule has 4 aromatic heterocycles. The normalized spacial score (nSPS) is 30.2. The Kier molecular flexibility index (Phi) is 13.0. The van der Waals surface area contributed by atoms with Crippen LogP contribution in [-0.4, -0.2) is 155 Å². The highest BCUT2D eigenvalue weighted by molar-refractivity contribution is 6.29. The first kappa shape index (κ1) is 45.8. The van der Waals surface area contributed by atoms with Crippen molar-refractivity contribution in [3.05, 3.63) is 43.7 Å². The van der Waals surface area contributed by atoms with E-state index in [0.717, 1.165) is 0 Å². The van der Waals surface area contributed by atoms with Crippen molar-refractivity contribution in [2.24, 2.45) is 0 Å². The quantitative estimate of drug-likeness (QED) is 0.0461. The summed E-state index contributed by atoms with van der Waals surface area (Å²) < 4.78 is 3.19. The molecule has 8 atom stereocenters. The Morgan fingerprint density at radius 2 is 0.909 bits per heavy atom. The summed E-state index contributed by atoms with van der Waals surface area (Å²) in [5.74, 6) is -0.554. The van der Waals surface area contributed by atoms with Gasteiger partial charge in [-0.3, -0.25) is 19.2 Å². The summed E-state index contributed by atoms with van der Waals surface area (Å²) in [6.07, 6.45) is 3.69. The van der Waals surface area contributed by atoms with E-state index >= 15 is 0 Å². The molecule has 4 aliphatic rings. The van der Waals surface area contributed by atoms with E-state index in [-0.39, 0.29) is 47.6 Å². The van der Waals surface area contributed by atoms with Gasteiger partial charge in [0.25, 0.3) is 10.9 Å². The Morgan fingerprint density at radius 3 is 1.26 bits per heavy atom. The van der Waals surface area contributed by atoms with E-state index in [1.807, 2.05) is 0 Å². The molecule has 0 spiro atoms. The topological polar surface area (TPSA) is 349 Å². The zero-order chi connectivity index (χ0) is 46.6. The molecular weight excluding hydrogens is 907 g/mol. The van der Waals surface area contributed by atoms with E-state index in [4.69, 9.17) is 33.4 Å². The molecule has 4 aliphatic carbocycles. The third-order valence-corrected chi connectivity index (χ3v) is 13.9. The summed E-state index contributed by atoms with van der Waals surface area (Å²) >= 11 is 12.7. The largest absolute Gasteiger partial charge is 0.388 e. The second-order valence-corrected chi connectivity index (χ2v) is 18.3. The van der Waals surface area contributed by atoms with E-state index in [1.54, 1.807) is 9.13 Å². The molecular formula is C40H50Cl2N14O10. The zero-order valence-electron chi connectivity index (χ0n) is 35.2. The summed E-state index contributed by atoms with van der Waals surface area (Å²) in [6.45, 7) is -1.50. The molecule has 0 unspecified atom stereocenters. The molecule has 0 bridgehead atoms. The number of amides is 2. The van der Waals surface area contributed by atoms with Gasteiger partial charge in [-0.1, -0.05) is 0 Å². The van der Waals surface area contributed by atoms with Crippen LogP contribution in [-0.2, 0) is 9.59 Å². The fourth-order valence-electron chi connectivity index (χ4n) is 10.1. The van der Waals surface area contributed by atoms with Gasteiger partial charge in [0.05, 0.1) is 36.8 Å². The summed E-state index contributed by atoms with van der Waals surface area (Å²) in [7, 11) is 0. The Morgan fingerprint density at radius 1 is 0.561 bits per heavy atom. The van der Waals surface area contributed by atoms with Gasteiger partial charge in [0.2, 0.25) is 22.4 Å². The van der Waals surface area contributed by atoms with Crippen molar-refractivity contribution >= 4 is 80.4 Å². The van der Waals surface area contributed by atoms with Crippen molar-refractivity contribution in [2.45, 2.75) is 137 Å². The Labute approximate surface area is 384 Å². The number of aliphatic hydroxyl groups excluding tert-OH is 6. The number of halogens is 2. The second kappa shape index (κ2) is 18.7. The van der Waals surface area contributed by atoms with E-state index in [9.17, 15) is 39.6 Å². The van der Waals surface area contributed by atoms with Crippen LogP contribution in [0, 0.1) is 0 Å². The average molecular weight is 958 g/mol. The van der Waals surface area contributed by atoms with Gasteiger partial charge in [-0.25, -0.2) is 9.97 Å². The molecule has 26 heteroatoms. The Bertz CT molecular complexity index is 2500. The Hall–Kier alpha value is -5.34. The molecule has 4 saturated carbocycles. The summed E-state index contributed by atoms with van der Waals surface area (Å²) in [5, 5.41) is 79.6. The maximum atomic E-state index is 12.8. The average Bonchev–Trinajstić information content (AvgIpc) is 4.07. The van der Waals surface area contributed by atoms with E-state index in [1.165, 1.54) is 12.7 Å². The number of hydrogen-bond acceptors (Lipinski definition) is 20. The van der Waals surface area contributed by atoms with Crippen molar-refractivity contribution < 1.29 is 40.2 Å². The number of carbonyl (C=O) groups is 2.